The summed E-state index contributed by atoms with van der Waals surface area (Å²) in [6.45, 7) is 0.262. The number of carbonyl (C=O) groups is 1. The Morgan fingerprint density at radius 2 is 2.07 bits per heavy atom. The van der Waals surface area contributed by atoms with Gasteiger partial charge >= 0.3 is 5.97 Å². The fourth-order valence-corrected chi connectivity index (χ4v) is 2.75. The van der Waals surface area contributed by atoms with Gasteiger partial charge in [0.25, 0.3) is 0 Å². The zero-order chi connectivity index (χ0) is 19.8. The van der Waals surface area contributed by atoms with E-state index in [4.69, 9.17) is 25.9 Å². The van der Waals surface area contributed by atoms with Crippen LogP contribution in [0.4, 0.5) is 5.69 Å². The number of methoxy groups -OCH3 is 1. The first-order chi connectivity index (χ1) is 13.0. The van der Waals surface area contributed by atoms with Gasteiger partial charge in [-0.2, -0.15) is 10.4 Å². The van der Waals surface area contributed by atoms with Crippen molar-refractivity contribution in [1.29, 1.82) is 10.7 Å². The average Bonchev–Trinajstić information content (AvgIpc) is 2.67. The van der Waals surface area contributed by atoms with Gasteiger partial charge in [-0.15, -0.1) is 0 Å². The van der Waals surface area contributed by atoms with Crippen molar-refractivity contribution in [2.45, 2.75) is 6.61 Å². The van der Waals surface area contributed by atoms with E-state index in [0.717, 1.165) is 5.56 Å². The lowest BCUT2D eigenvalue weighted by Crippen LogP contribution is -2.22. The van der Waals surface area contributed by atoms with Crippen LogP contribution < -0.4 is 15.9 Å². The Balaban J connectivity index is 2.39. The summed E-state index contributed by atoms with van der Waals surface area (Å²) < 4.78 is 11.2. The lowest BCUT2D eigenvalue weighted by atomic mass is 10.2. The fraction of sp³-hybridized carbons (Fsp3) is 0.111. The molecule has 2 aromatic carbocycles. The van der Waals surface area contributed by atoms with Crippen LogP contribution >= 0.6 is 22.6 Å². The lowest BCUT2D eigenvalue weighted by Gasteiger charge is -2.14. The number of hydrogen-bond donors (Lipinski definition) is 3. The molecule has 0 aliphatic rings. The first-order valence-corrected chi connectivity index (χ1v) is 8.71. The number of hydrazone groups is 1. The van der Waals surface area contributed by atoms with E-state index in [2.05, 4.69) is 10.5 Å². The standard InChI is InChI=1S/C18H16IN5O3/c1-26-18(25)12-7-13(19)16(24-23-14(9-20)17(21)22)15(8-12)27-10-11-5-3-2-4-6-11/h2-8,24H,10H2,1H3,(H3,21,22)/b23-14+. The Bertz CT molecular complexity index is 923. The highest BCUT2D eigenvalue weighted by Crippen LogP contribution is 2.33. The summed E-state index contributed by atoms with van der Waals surface area (Å²) in [4.78, 5) is 11.9. The maximum Gasteiger partial charge on any atom is 0.338 e. The van der Waals surface area contributed by atoms with Crippen LogP contribution in [0.15, 0.2) is 47.6 Å². The van der Waals surface area contributed by atoms with Gasteiger partial charge in [0.15, 0.2) is 5.84 Å². The van der Waals surface area contributed by atoms with Gasteiger partial charge in [0.1, 0.15) is 24.1 Å². The smallest absolute Gasteiger partial charge is 0.338 e. The predicted octanol–water partition coefficient (Wildman–Crippen LogP) is 2.88. The molecule has 0 unspecified atom stereocenters. The molecule has 0 radical (unpaired) electrons. The van der Waals surface area contributed by atoms with E-state index in [1.54, 1.807) is 12.1 Å². The first kappa shape index (κ1) is 20.2. The van der Waals surface area contributed by atoms with Gasteiger partial charge in [-0.3, -0.25) is 10.8 Å². The molecule has 8 nitrogen and oxygen atoms in total. The number of carbonyl (C=O) groups excluding carboxylic acids is 1. The van der Waals surface area contributed by atoms with Crippen LogP contribution in [-0.4, -0.2) is 24.6 Å². The number of esters is 1. The number of rotatable bonds is 7. The van der Waals surface area contributed by atoms with Gasteiger partial charge in [0, 0.05) is 3.57 Å². The SMILES string of the molecule is COC(=O)c1cc(I)c(N/N=C(\C#N)C(=N)N)c(OCc2ccccc2)c1. The van der Waals surface area contributed by atoms with E-state index in [1.165, 1.54) is 13.2 Å². The number of benzene rings is 2. The summed E-state index contributed by atoms with van der Waals surface area (Å²) >= 11 is 2.00. The summed E-state index contributed by atoms with van der Waals surface area (Å²) in [7, 11) is 1.29. The van der Waals surface area contributed by atoms with Crippen molar-refractivity contribution in [2.24, 2.45) is 10.8 Å². The molecule has 27 heavy (non-hydrogen) atoms. The second-order valence-corrected chi connectivity index (χ2v) is 6.36. The molecule has 0 amide bonds. The molecule has 0 saturated carbocycles. The van der Waals surface area contributed by atoms with E-state index in [1.807, 2.05) is 52.9 Å². The summed E-state index contributed by atoms with van der Waals surface area (Å²) in [5.74, 6) is -0.623. The second kappa shape index (κ2) is 9.54. The largest absolute Gasteiger partial charge is 0.487 e. The molecule has 2 aromatic rings. The van der Waals surface area contributed by atoms with Crippen molar-refractivity contribution in [3.8, 4) is 11.8 Å². The minimum atomic E-state index is -0.506. The topological polar surface area (TPSA) is 134 Å². The third-order valence-electron chi connectivity index (χ3n) is 3.35. The number of amidine groups is 1. The number of hydrogen-bond acceptors (Lipinski definition) is 7. The molecule has 0 heterocycles. The zero-order valence-electron chi connectivity index (χ0n) is 14.3. The molecule has 0 saturated heterocycles. The molecule has 4 N–H and O–H groups in total. The fourth-order valence-electron chi connectivity index (χ4n) is 2.03. The Kier molecular flexibility index (Phi) is 7.13. The molecular formula is C18H16IN5O3. The molecule has 0 aliphatic carbocycles. The predicted molar refractivity (Wildman–Crippen MR) is 110 cm³/mol. The van der Waals surface area contributed by atoms with Crippen molar-refractivity contribution in [3.63, 3.8) is 0 Å². The summed E-state index contributed by atoms with van der Waals surface area (Å²) in [6.07, 6.45) is 0. The molecule has 9 heteroatoms. The van der Waals surface area contributed by atoms with Gasteiger partial charge < -0.3 is 15.2 Å². The molecule has 0 aliphatic heterocycles. The minimum absolute atomic E-state index is 0.262. The number of nitrogens with one attached hydrogen (secondary N) is 2. The van der Waals surface area contributed by atoms with Crippen LogP contribution in [0.25, 0.3) is 0 Å². The number of ether oxygens (including phenoxy) is 2. The van der Waals surface area contributed by atoms with Crippen LogP contribution in [0.3, 0.4) is 0 Å². The third kappa shape index (κ3) is 5.42. The lowest BCUT2D eigenvalue weighted by molar-refractivity contribution is 0.0600. The van der Waals surface area contributed by atoms with E-state index in [9.17, 15) is 4.79 Å². The number of nitrogens with two attached hydrogens (primary N) is 1. The van der Waals surface area contributed by atoms with E-state index < -0.39 is 11.8 Å². The molecule has 0 atom stereocenters. The highest BCUT2D eigenvalue weighted by atomic mass is 127. The second-order valence-electron chi connectivity index (χ2n) is 5.19. The van der Waals surface area contributed by atoms with Crippen LogP contribution in [0.1, 0.15) is 15.9 Å². The van der Waals surface area contributed by atoms with Crippen molar-refractivity contribution in [3.05, 3.63) is 57.2 Å². The molecule has 0 aromatic heterocycles. The normalized spacial score (nSPS) is 10.6. The monoisotopic (exact) mass is 477 g/mol. The third-order valence-corrected chi connectivity index (χ3v) is 4.20. The van der Waals surface area contributed by atoms with E-state index >= 15 is 0 Å². The average molecular weight is 477 g/mol. The van der Waals surface area contributed by atoms with Gasteiger partial charge in [0.2, 0.25) is 5.71 Å². The van der Waals surface area contributed by atoms with Crippen molar-refractivity contribution in [1.82, 2.24) is 0 Å². The van der Waals surface area contributed by atoms with Crippen LogP contribution in [0, 0.1) is 20.3 Å². The summed E-state index contributed by atoms with van der Waals surface area (Å²) in [5, 5.41) is 20.1. The van der Waals surface area contributed by atoms with Crippen molar-refractivity contribution >= 4 is 45.8 Å². The first-order valence-electron chi connectivity index (χ1n) is 7.63. The van der Waals surface area contributed by atoms with Gasteiger partial charge in [0.05, 0.1) is 12.7 Å². The summed E-state index contributed by atoms with van der Waals surface area (Å²) in [6, 6.07) is 14.3. The maximum atomic E-state index is 11.9. The van der Waals surface area contributed by atoms with Gasteiger partial charge in [-0.1, -0.05) is 30.3 Å². The number of nitriles is 1. The van der Waals surface area contributed by atoms with Crippen LogP contribution in [-0.2, 0) is 11.3 Å². The van der Waals surface area contributed by atoms with Gasteiger partial charge in [-0.25, -0.2) is 4.79 Å². The molecular weight excluding hydrogens is 461 g/mol. The maximum absolute atomic E-state index is 11.9. The quantitative estimate of drug-likeness (QED) is 0.185. The van der Waals surface area contributed by atoms with Gasteiger partial charge in [-0.05, 0) is 40.3 Å². The Morgan fingerprint density at radius 3 is 2.67 bits per heavy atom. The van der Waals surface area contributed by atoms with Crippen LogP contribution in [0.2, 0.25) is 0 Å². The Morgan fingerprint density at radius 1 is 1.37 bits per heavy atom. The minimum Gasteiger partial charge on any atom is -0.487 e. The molecule has 2 rings (SSSR count). The van der Waals surface area contributed by atoms with Crippen molar-refractivity contribution < 1.29 is 14.3 Å². The molecule has 138 valence electrons. The highest BCUT2D eigenvalue weighted by molar-refractivity contribution is 14.1. The Labute approximate surface area is 169 Å². The van der Waals surface area contributed by atoms with E-state index in [-0.39, 0.29) is 12.3 Å². The summed E-state index contributed by atoms with van der Waals surface area (Å²) in [5.41, 5.74) is 9.41. The molecule has 0 bridgehead atoms. The number of anilines is 1. The van der Waals surface area contributed by atoms with Crippen molar-refractivity contribution in [2.75, 3.05) is 12.5 Å². The molecule has 0 spiro atoms. The Hall–Kier alpha value is -3.13. The number of halogens is 1. The van der Waals surface area contributed by atoms with Crippen LogP contribution in [0.5, 0.6) is 5.75 Å². The van der Waals surface area contributed by atoms with E-state index in [0.29, 0.717) is 20.6 Å². The molecule has 0 fully saturated rings. The zero-order valence-corrected chi connectivity index (χ0v) is 16.5. The number of nitrogens with zero attached hydrogens (tertiary/aromatic N) is 2. The highest BCUT2D eigenvalue weighted by Gasteiger charge is 2.16.